The summed E-state index contributed by atoms with van der Waals surface area (Å²) < 4.78 is 10.2. The normalized spacial score (nSPS) is 12.1. The molecule has 1 aromatic carbocycles. The summed E-state index contributed by atoms with van der Waals surface area (Å²) in [6.45, 7) is 0. The van der Waals surface area contributed by atoms with Crippen molar-refractivity contribution in [3.8, 4) is 11.8 Å². The van der Waals surface area contributed by atoms with E-state index in [0.717, 1.165) is 0 Å². The highest BCUT2D eigenvalue weighted by molar-refractivity contribution is 6.33. The van der Waals surface area contributed by atoms with Gasteiger partial charge in [-0.15, -0.1) is 0 Å². The molecule has 0 fully saturated rings. The smallest absolute Gasteiger partial charge is 0.240 e. The zero-order valence-corrected chi connectivity index (χ0v) is 12.4. The first kappa shape index (κ1) is 14.8. The van der Waals surface area contributed by atoms with Crippen molar-refractivity contribution >= 4 is 23.2 Å². The lowest BCUT2D eigenvalue weighted by molar-refractivity contribution is 0.355. The largest absolute Gasteiger partial charge is 0.480 e. The van der Waals surface area contributed by atoms with E-state index in [4.69, 9.17) is 38.4 Å². The number of nitrogens with two attached hydrogens (primary N) is 1. The minimum Gasteiger partial charge on any atom is -0.480 e. The minimum atomic E-state index is -0.602. The number of halogens is 2. The van der Waals surface area contributed by atoms with Crippen LogP contribution in [0.15, 0.2) is 24.4 Å². The molecule has 0 spiro atoms. The lowest BCUT2D eigenvalue weighted by Gasteiger charge is -2.16. The molecule has 7 heteroatoms. The molecule has 0 saturated carbocycles. The van der Waals surface area contributed by atoms with Crippen molar-refractivity contribution in [2.45, 2.75) is 6.04 Å². The van der Waals surface area contributed by atoms with Crippen molar-refractivity contribution in [3.63, 3.8) is 0 Å². The maximum absolute atomic E-state index is 6.19. The Labute approximate surface area is 126 Å². The van der Waals surface area contributed by atoms with Crippen LogP contribution in [0.2, 0.25) is 10.0 Å². The van der Waals surface area contributed by atoms with E-state index in [1.807, 2.05) is 0 Å². The van der Waals surface area contributed by atoms with Gasteiger partial charge in [0, 0.05) is 10.0 Å². The molecule has 0 aliphatic heterocycles. The third-order valence-electron chi connectivity index (χ3n) is 2.74. The van der Waals surface area contributed by atoms with Crippen LogP contribution >= 0.6 is 23.2 Å². The number of benzene rings is 1. The topological polar surface area (TPSA) is 70.3 Å². The van der Waals surface area contributed by atoms with Crippen LogP contribution < -0.4 is 15.2 Å². The Kier molecular flexibility index (Phi) is 4.65. The molecule has 1 heterocycles. The Balaban J connectivity index is 2.47. The van der Waals surface area contributed by atoms with E-state index in [1.54, 1.807) is 18.2 Å². The van der Waals surface area contributed by atoms with Gasteiger partial charge in [-0.1, -0.05) is 23.2 Å². The van der Waals surface area contributed by atoms with Gasteiger partial charge < -0.3 is 15.2 Å². The Morgan fingerprint density at radius 2 is 1.95 bits per heavy atom. The highest BCUT2D eigenvalue weighted by Gasteiger charge is 2.20. The summed E-state index contributed by atoms with van der Waals surface area (Å²) in [5.41, 5.74) is 7.29. The Hall–Kier alpha value is -1.56. The molecule has 1 unspecified atom stereocenters. The number of ether oxygens (including phenoxy) is 2. The van der Waals surface area contributed by atoms with Crippen LogP contribution in [0.4, 0.5) is 0 Å². The van der Waals surface area contributed by atoms with Crippen LogP contribution in [-0.4, -0.2) is 24.2 Å². The second-order valence-corrected chi connectivity index (χ2v) is 4.79. The summed E-state index contributed by atoms with van der Waals surface area (Å²) in [5.74, 6) is 0.628. The number of nitrogens with zero attached hydrogens (tertiary/aromatic N) is 2. The summed E-state index contributed by atoms with van der Waals surface area (Å²) in [4.78, 5) is 8.37. The van der Waals surface area contributed by atoms with E-state index in [-0.39, 0.29) is 5.88 Å². The molecule has 1 atom stereocenters. The molecule has 0 aliphatic carbocycles. The highest BCUT2D eigenvalue weighted by Crippen LogP contribution is 2.32. The van der Waals surface area contributed by atoms with Crippen molar-refractivity contribution in [1.82, 2.24) is 9.97 Å². The van der Waals surface area contributed by atoms with Crippen LogP contribution in [0.25, 0.3) is 0 Å². The maximum atomic E-state index is 6.19. The molecule has 5 nitrogen and oxygen atoms in total. The fourth-order valence-corrected chi connectivity index (χ4v) is 2.14. The molecule has 2 aromatic rings. The van der Waals surface area contributed by atoms with Crippen molar-refractivity contribution in [1.29, 1.82) is 0 Å². The molecular formula is C13H13Cl2N3O2. The van der Waals surface area contributed by atoms with E-state index in [0.29, 0.717) is 27.2 Å². The van der Waals surface area contributed by atoms with Gasteiger partial charge in [0.25, 0.3) is 0 Å². The van der Waals surface area contributed by atoms with Crippen molar-refractivity contribution in [2.75, 3.05) is 14.2 Å². The van der Waals surface area contributed by atoms with Crippen LogP contribution in [0.1, 0.15) is 17.3 Å². The summed E-state index contributed by atoms with van der Waals surface area (Å²) in [5, 5.41) is 1.04. The Bertz CT molecular complexity index is 623. The molecule has 2 rings (SSSR count). The molecule has 0 amide bonds. The molecular weight excluding hydrogens is 301 g/mol. The fraction of sp³-hybridized carbons (Fsp3) is 0.231. The van der Waals surface area contributed by atoms with Crippen LogP contribution in [0.3, 0.4) is 0 Å². The molecule has 106 valence electrons. The van der Waals surface area contributed by atoms with Crippen molar-refractivity contribution in [3.05, 3.63) is 45.7 Å². The van der Waals surface area contributed by atoms with Crippen molar-refractivity contribution < 1.29 is 9.47 Å². The summed E-state index contributed by atoms with van der Waals surface area (Å²) in [7, 11) is 2.98. The lowest BCUT2D eigenvalue weighted by Crippen LogP contribution is -2.16. The summed E-state index contributed by atoms with van der Waals surface area (Å²) in [6, 6.07) is 4.47. The molecule has 0 bridgehead atoms. The van der Waals surface area contributed by atoms with E-state index in [2.05, 4.69) is 9.97 Å². The van der Waals surface area contributed by atoms with Gasteiger partial charge in [0.2, 0.25) is 11.8 Å². The Morgan fingerprint density at radius 3 is 2.60 bits per heavy atom. The van der Waals surface area contributed by atoms with Crippen LogP contribution in [0, 0.1) is 0 Å². The summed E-state index contributed by atoms with van der Waals surface area (Å²) in [6.07, 6.45) is 1.47. The first-order valence-electron chi connectivity index (χ1n) is 5.72. The zero-order chi connectivity index (χ0) is 14.7. The number of hydrogen-bond acceptors (Lipinski definition) is 5. The van der Waals surface area contributed by atoms with Gasteiger partial charge in [-0.25, -0.2) is 4.98 Å². The van der Waals surface area contributed by atoms with Gasteiger partial charge in [0.15, 0.2) is 0 Å². The highest BCUT2D eigenvalue weighted by atomic mass is 35.5. The molecule has 0 saturated heterocycles. The molecule has 0 radical (unpaired) electrons. The van der Waals surface area contributed by atoms with E-state index in [1.165, 1.54) is 20.4 Å². The third-order valence-corrected chi connectivity index (χ3v) is 3.31. The number of methoxy groups -OCH3 is 2. The first-order chi connectivity index (χ1) is 9.56. The van der Waals surface area contributed by atoms with E-state index >= 15 is 0 Å². The molecule has 1 aromatic heterocycles. The van der Waals surface area contributed by atoms with Gasteiger partial charge in [0.05, 0.1) is 26.5 Å². The predicted octanol–water partition coefficient (Wildman–Crippen LogP) is 2.85. The third kappa shape index (κ3) is 2.95. The van der Waals surface area contributed by atoms with Crippen molar-refractivity contribution in [2.24, 2.45) is 5.73 Å². The SMILES string of the molecule is COc1cnc(C(N)c2cc(Cl)ccc2Cl)c(OC)n1. The second-order valence-electron chi connectivity index (χ2n) is 3.95. The van der Waals surface area contributed by atoms with E-state index < -0.39 is 6.04 Å². The van der Waals surface area contributed by atoms with Gasteiger partial charge in [0.1, 0.15) is 5.69 Å². The zero-order valence-electron chi connectivity index (χ0n) is 10.9. The second kappa shape index (κ2) is 6.26. The van der Waals surface area contributed by atoms with Gasteiger partial charge >= 0.3 is 0 Å². The van der Waals surface area contributed by atoms with Gasteiger partial charge in [-0.3, -0.25) is 0 Å². The monoisotopic (exact) mass is 313 g/mol. The molecule has 0 aliphatic rings. The fourth-order valence-electron chi connectivity index (χ4n) is 1.73. The number of hydrogen-bond donors (Lipinski definition) is 1. The standard InChI is InChI=1S/C13H13Cl2N3O2/c1-19-10-6-17-12(13(18-10)20-2)11(16)8-5-7(14)3-4-9(8)15/h3-6,11H,16H2,1-2H3. The Morgan fingerprint density at radius 1 is 1.20 bits per heavy atom. The van der Waals surface area contributed by atoms with Crippen LogP contribution in [0.5, 0.6) is 11.8 Å². The van der Waals surface area contributed by atoms with Crippen LogP contribution in [-0.2, 0) is 0 Å². The lowest BCUT2D eigenvalue weighted by atomic mass is 10.0. The predicted molar refractivity (Wildman–Crippen MR) is 77.6 cm³/mol. The summed E-state index contributed by atoms with van der Waals surface area (Å²) >= 11 is 12.1. The molecule has 2 N–H and O–H groups in total. The average molecular weight is 314 g/mol. The number of aromatic nitrogens is 2. The quantitative estimate of drug-likeness (QED) is 0.939. The molecule has 20 heavy (non-hydrogen) atoms. The van der Waals surface area contributed by atoms with E-state index in [9.17, 15) is 0 Å². The maximum Gasteiger partial charge on any atom is 0.240 e. The first-order valence-corrected chi connectivity index (χ1v) is 6.48. The van der Waals surface area contributed by atoms with Gasteiger partial charge in [-0.05, 0) is 23.8 Å². The number of rotatable bonds is 4. The minimum absolute atomic E-state index is 0.285. The van der Waals surface area contributed by atoms with Gasteiger partial charge in [-0.2, -0.15) is 4.98 Å². The average Bonchev–Trinajstić information content (AvgIpc) is 2.48.